The van der Waals surface area contributed by atoms with Gasteiger partial charge in [0.25, 0.3) is 0 Å². The van der Waals surface area contributed by atoms with Gasteiger partial charge in [-0.15, -0.1) is 0 Å². The van der Waals surface area contributed by atoms with Crippen molar-refractivity contribution >= 4 is 11.6 Å². The second-order valence-corrected chi connectivity index (χ2v) is 6.70. The lowest BCUT2D eigenvalue weighted by Crippen LogP contribution is -2.33. The van der Waals surface area contributed by atoms with E-state index in [9.17, 15) is 4.79 Å². The molecule has 1 N–H and O–H groups in total. The molecule has 0 aromatic heterocycles. The van der Waals surface area contributed by atoms with Gasteiger partial charge in [0.2, 0.25) is 5.91 Å². The highest BCUT2D eigenvalue weighted by Crippen LogP contribution is 2.33. The van der Waals surface area contributed by atoms with Gasteiger partial charge in [-0.2, -0.15) is 0 Å². The summed E-state index contributed by atoms with van der Waals surface area (Å²) < 4.78 is 5.34. The normalized spacial score (nSPS) is 17.5. The zero-order chi connectivity index (χ0) is 17.8. The number of rotatable bonds is 5. The Morgan fingerprint density at radius 3 is 2.84 bits per heavy atom. The summed E-state index contributed by atoms with van der Waals surface area (Å²) in [5, 5.41) is 3.07. The number of carbonyl (C=O) groups is 1. The minimum atomic E-state index is 0.0449. The first-order valence-corrected chi connectivity index (χ1v) is 8.82. The highest BCUT2D eigenvalue weighted by Gasteiger charge is 2.27. The summed E-state index contributed by atoms with van der Waals surface area (Å²) in [5.74, 6) is 0.910. The van der Waals surface area contributed by atoms with Crippen LogP contribution in [0, 0.1) is 13.8 Å². The zero-order valence-corrected chi connectivity index (χ0v) is 15.2. The van der Waals surface area contributed by atoms with E-state index in [0.717, 1.165) is 36.4 Å². The van der Waals surface area contributed by atoms with Crippen molar-refractivity contribution in [2.75, 3.05) is 25.5 Å². The molecule has 1 heterocycles. The Labute approximate surface area is 149 Å². The van der Waals surface area contributed by atoms with Crippen LogP contribution in [0.2, 0.25) is 0 Å². The molecule has 1 amide bonds. The fourth-order valence-electron chi connectivity index (χ4n) is 3.50. The van der Waals surface area contributed by atoms with Gasteiger partial charge in [0.05, 0.1) is 13.7 Å². The van der Waals surface area contributed by atoms with Crippen LogP contribution in [0.15, 0.2) is 42.5 Å². The first-order chi connectivity index (χ1) is 12.1. The molecule has 0 saturated carbocycles. The molecule has 2 aromatic rings. The number of amides is 1. The number of hydrogen-bond donors (Lipinski definition) is 1. The van der Waals surface area contributed by atoms with Crippen LogP contribution in [0.1, 0.15) is 35.6 Å². The number of benzene rings is 2. The Morgan fingerprint density at radius 1 is 1.24 bits per heavy atom. The van der Waals surface area contributed by atoms with Crippen molar-refractivity contribution in [2.24, 2.45) is 0 Å². The van der Waals surface area contributed by atoms with E-state index in [-0.39, 0.29) is 11.9 Å². The predicted molar refractivity (Wildman–Crippen MR) is 101 cm³/mol. The van der Waals surface area contributed by atoms with E-state index in [4.69, 9.17) is 4.74 Å². The van der Waals surface area contributed by atoms with Crippen molar-refractivity contribution in [1.29, 1.82) is 0 Å². The highest BCUT2D eigenvalue weighted by molar-refractivity contribution is 5.93. The van der Waals surface area contributed by atoms with Crippen LogP contribution in [0.5, 0.6) is 5.75 Å². The van der Waals surface area contributed by atoms with E-state index < -0.39 is 0 Å². The van der Waals surface area contributed by atoms with Gasteiger partial charge < -0.3 is 10.1 Å². The van der Waals surface area contributed by atoms with E-state index >= 15 is 0 Å². The van der Waals surface area contributed by atoms with Gasteiger partial charge in [-0.1, -0.05) is 24.3 Å². The first kappa shape index (κ1) is 17.5. The summed E-state index contributed by atoms with van der Waals surface area (Å²) in [6.45, 7) is 5.46. The molecule has 2 aromatic carbocycles. The number of anilines is 1. The van der Waals surface area contributed by atoms with Crippen molar-refractivity contribution in [3.05, 3.63) is 59.2 Å². The number of carbonyl (C=O) groups excluding carboxylic acids is 1. The van der Waals surface area contributed by atoms with Crippen LogP contribution in [0.3, 0.4) is 0 Å². The van der Waals surface area contributed by atoms with Gasteiger partial charge >= 0.3 is 0 Å². The molecule has 4 nitrogen and oxygen atoms in total. The topological polar surface area (TPSA) is 41.6 Å². The maximum Gasteiger partial charge on any atom is 0.238 e. The molecule has 25 heavy (non-hydrogen) atoms. The van der Waals surface area contributed by atoms with Crippen molar-refractivity contribution in [3.8, 4) is 5.75 Å². The van der Waals surface area contributed by atoms with Crippen LogP contribution in [-0.2, 0) is 4.79 Å². The fraction of sp³-hybridized carbons (Fsp3) is 0.381. The Kier molecular flexibility index (Phi) is 5.39. The summed E-state index contributed by atoms with van der Waals surface area (Å²) >= 11 is 0. The molecule has 3 rings (SSSR count). The minimum absolute atomic E-state index is 0.0449. The van der Waals surface area contributed by atoms with E-state index in [2.05, 4.69) is 35.3 Å². The standard InChI is InChI=1S/C21H26N2O2/c1-15-7-4-10-19(16(15)2)22-21(24)14-23-12-6-11-20(23)17-8-5-9-18(13-17)25-3/h4-5,7-10,13,20H,6,11-12,14H2,1-3H3,(H,22,24). The molecule has 0 aliphatic carbocycles. The number of likely N-dealkylation sites (tertiary alicyclic amines) is 1. The molecule has 1 saturated heterocycles. The average molecular weight is 338 g/mol. The van der Waals surface area contributed by atoms with Crippen molar-refractivity contribution < 1.29 is 9.53 Å². The van der Waals surface area contributed by atoms with E-state index in [1.807, 2.05) is 31.2 Å². The maximum atomic E-state index is 12.6. The Balaban J connectivity index is 1.68. The fourth-order valence-corrected chi connectivity index (χ4v) is 3.50. The lowest BCUT2D eigenvalue weighted by atomic mass is 10.0. The number of nitrogens with zero attached hydrogens (tertiary/aromatic N) is 1. The van der Waals surface area contributed by atoms with Crippen molar-refractivity contribution in [3.63, 3.8) is 0 Å². The molecule has 1 atom stereocenters. The highest BCUT2D eigenvalue weighted by atomic mass is 16.5. The summed E-state index contributed by atoms with van der Waals surface area (Å²) in [6, 6.07) is 14.4. The SMILES string of the molecule is COc1cccc(C2CCCN2CC(=O)Nc2cccc(C)c2C)c1. The molecule has 0 spiro atoms. The van der Waals surface area contributed by atoms with Gasteiger partial charge in [-0.25, -0.2) is 0 Å². The number of aryl methyl sites for hydroxylation is 1. The molecule has 1 aliphatic heterocycles. The predicted octanol–water partition coefficient (Wildman–Crippen LogP) is 4.09. The quantitative estimate of drug-likeness (QED) is 0.893. The third-order valence-corrected chi connectivity index (χ3v) is 5.07. The van der Waals surface area contributed by atoms with Crippen molar-refractivity contribution in [2.45, 2.75) is 32.7 Å². The second kappa shape index (κ2) is 7.70. The van der Waals surface area contributed by atoms with E-state index in [1.165, 1.54) is 11.1 Å². The molecule has 1 fully saturated rings. The van der Waals surface area contributed by atoms with Crippen LogP contribution in [-0.4, -0.2) is 31.0 Å². The number of ether oxygens (including phenoxy) is 1. The Bertz CT molecular complexity index is 757. The summed E-state index contributed by atoms with van der Waals surface area (Å²) in [7, 11) is 1.68. The molecule has 0 bridgehead atoms. The molecule has 1 unspecified atom stereocenters. The van der Waals surface area contributed by atoms with E-state index in [0.29, 0.717) is 6.54 Å². The number of hydrogen-bond acceptors (Lipinski definition) is 3. The van der Waals surface area contributed by atoms with Gasteiger partial charge in [0.1, 0.15) is 5.75 Å². The van der Waals surface area contributed by atoms with Gasteiger partial charge in [-0.3, -0.25) is 9.69 Å². The largest absolute Gasteiger partial charge is 0.497 e. The molecule has 1 aliphatic rings. The van der Waals surface area contributed by atoms with Crippen LogP contribution in [0.4, 0.5) is 5.69 Å². The molecular formula is C21H26N2O2. The summed E-state index contributed by atoms with van der Waals surface area (Å²) in [5.41, 5.74) is 4.44. The lowest BCUT2D eigenvalue weighted by Gasteiger charge is -2.24. The van der Waals surface area contributed by atoms with Crippen LogP contribution >= 0.6 is 0 Å². The third kappa shape index (κ3) is 4.02. The molecular weight excluding hydrogens is 312 g/mol. The zero-order valence-electron chi connectivity index (χ0n) is 15.2. The summed E-state index contributed by atoms with van der Waals surface area (Å²) in [6.07, 6.45) is 2.18. The average Bonchev–Trinajstić information content (AvgIpc) is 3.07. The van der Waals surface area contributed by atoms with E-state index in [1.54, 1.807) is 7.11 Å². The van der Waals surface area contributed by atoms with Crippen LogP contribution < -0.4 is 10.1 Å². The number of nitrogens with one attached hydrogen (secondary N) is 1. The monoisotopic (exact) mass is 338 g/mol. The Hall–Kier alpha value is -2.33. The van der Waals surface area contributed by atoms with Gasteiger partial charge in [-0.05, 0) is 68.1 Å². The minimum Gasteiger partial charge on any atom is -0.497 e. The third-order valence-electron chi connectivity index (χ3n) is 5.07. The summed E-state index contributed by atoms with van der Waals surface area (Å²) in [4.78, 5) is 14.8. The lowest BCUT2D eigenvalue weighted by molar-refractivity contribution is -0.117. The van der Waals surface area contributed by atoms with Crippen molar-refractivity contribution in [1.82, 2.24) is 4.90 Å². The molecule has 4 heteroatoms. The van der Waals surface area contributed by atoms with Crippen LogP contribution in [0.25, 0.3) is 0 Å². The smallest absolute Gasteiger partial charge is 0.238 e. The Morgan fingerprint density at radius 2 is 2.04 bits per heavy atom. The van der Waals surface area contributed by atoms with Gasteiger partial charge in [0.15, 0.2) is 0 Å². The second-order valence-electron chi connectivity index (χ2n) is 6.70. The molecule has 132 valence electrons. The maximum absolute atomic E-state index is 12.6. The molecule has 0 radical (unpaired) electrons. The number of methoxy groups -OCH3 is 1. The first-order valence-electron chi connectivity index (χ1n) is 8.82. The van der Waals surface area contributed by atoms with Gasteiger partial charge in [0, 0.05) is 11.7 Å².